The molecule has 0 fully saturated rings. The second-order valence-electron chi connectivity index (χ2n) is 4.96. The first-order chi connectivity index (χ1) is 11.5. The number of rotatable bonds is 5. The molecule has 0 aliphatic heterocycles. The van der Waals surface area contributed by atoms with Crippen LogP contribution in [0.1, 0.15) is 11.7 Å². The van der Waals surface area contributed by atoms with Crippen LogP contribution in [0.3, 0.4) is 0 Å². The minimum absolute atomic E-state index is 0.0890. The van der Waals surface area contributed by atoms with Crippen LogP contribution in [0.15, 0.2) is 53.4 Å². The van der Waals surface area contributed by atoms with Crippen LogP contribution in [0.25, 0.3) is 0 Å². The zero-order valence-corrected chi connectivity index (χ0v) is 13.8. The smallest absolute Gasteiger partial charge is 0.313 e. The van der Waals surface area contributed by atoms with Crippen LogP contribution in [0.5, 0.6) is 0 Å². The molecule has 5 nitrogen and oxygen atoms in total. The van der Waals surface area contributed by atoms with Crippen molar-refractivity contribution in [2.24, 2.45) is 0 Å². The highest BCUT2D eigenvalue weighted by atomic mass is 32.2. The van der Waals surface area contributed by atoms with Crippen molar-refractivity contribution in [1.29, 1.82) is 0 Å². The number of carbonyl (C=O) groups is 2. The Balaban J connectivity index is 1.84. The summed E-state index contributed by atoms with van der Waals surface area (Å²) in [4.78, 5) is 24.5. The molecule has 0 aliphatic rings. The van der Waals surface area contributed by atoms with E-state index in [0.29, 0.717) is 11.3 Å². The molecule has 2 amide bonds. The van der Waals surface area contributed by atoms with Crippen molar-refractivity contribution in [3.05, 3.63) is 59.9 Å². The van der Waals surface area contributed by atoms with E-state index >= 15 is 0 Å². The normalized spacial score (nSPS) is 11.6. The molecule has 1 unspecified atom stereocenters. The molecule has 2 aromatic carbocycles. The van der Waals surface area contributed by atoms with Crippen molar-refractivity contribution in [1.82, 2.24) is 5.32 Å². The Labute approximate surface area is 143 Å². The van der Waals surface area contributed by atoms with E-state index in [4.69, 9.17) is 0 Å². The Morgan fingerprint density at radius 3 is 2.29 bits per heavy atom. The van der Waals surface area contributed by atoms with Crippen molar-refractivity contribution < 1.29 is 19.1 Å². The number of carbonyl (C=O) groups excluding carboxylic acids is 2. The number of aliphatic hydroxyl groups excluding tert-OH is 1. The van der Waals surface area contributed by atoms with Crippen LogP contribution < -0.4 is 10.6 Å². The number of benzene rings is 2. The topological polar surface area (TPSA) is 78.4 Å². The molecule has 1 atom stereocenters. The number of amides is 2. The summed E-state index contributed by atoms with van der Waals surface area (Å²) in [6, 6.07) is 12.3. The number of hydrogen-bond acceptors (Lipinski definition) is 4. The second-order valence-corrected chi connectivity index (χ2v) is 5.84. The van der Waals surface area contributed by atoms with Crippen LogP contribution in [0, 0.1) is 5.82 Å². The maximum absolute atomic E-state index is 12.8. The summed E-state index contributed by atoms with van der Waals surface area (Å²) in [5.74, 6) is -2.20. The summed E-state index contributed by atoms with van der Waals surface area (Å²) in [5.41, 5.74) is 0.955. The molecule has 0 heterocycles. The number of thioether (sulfide) groups is 1. The molecule has 0 saturated heterocycles. The highest BCUT2D eigenvalue weighted by Gasteiger charge is 2.16. The zero-order chi connectivity index (χ0) is 17.5. The Hall–Kier alpha value is -2.38. The lowest BCUT2D eigenvalue weighted by atomic mass is 10.1. The molecule has 126 valence electrons. The first-order valence-electron chi connectivity index (χ1n) is 7.16. The fourth-order valence-electron chi connectivity index (χ4n) is 1.93. The van der Waals surface area contributed by atoms with Crippen molar-refractivity contribution in [2.45, 2.75) is 11.0 Å². The summed E-state index contributed by atoms with van der Waals surface area (Å²) >= 11 is 1.59. The van der Waals surface area contributed by atoms with Crippen LogP contribution >= 0.6 is 11.8 Å². The third kappa shape index (κ3) is 5.07. The Kier molecular flexibility index (Phi) is 6.34. The van der Waals surface area contributed by atoms with Gasteiger partial charge < -0.3 is 15.7 Å². The molecule has 2 aromatic rings. The fourth-order valence-corrected chi connectivity index (χ4v) is 2.34. The molecule has 0 aromatic heterocycles. The standard InChI is InChI=1S/C17H17FN2O3S/c1-24-14-8-2-11(3-9-14)15(21)10-19-16(22)17(23)20-13-6-4-12(18)5-7-13/h2-9,15,21H,10H2,1H3,(H,19,22)(H,20,23). The second kappa shape index (κ2) is 8.47. The van der Waals surface area contributed by atoms with Gasteiger partial charge in [-0.2, -0.15) is 0 Å². The van der Waals surface area contributed by atoms with Crippen molar-refractivity contribution in [2.75, 3.05) is 18.1 Å². The molecular formula is C17H17FN2O3S. The summed E-state index contributed by atoms with van der Waals surface area (Å²) in [6.45, 7) is -0.0890. The largest absolute Gasteiger partial charge is 0.387 e. The highest BCUT2D eigenvalue weighted by Crippen LogP contribution is 2.18. The minimum atomic E-state index is -0.913. The molecule has 3 N–H and O–H groups in total. The molecule has 0 spiro atoms. The van der Waals surface area contributed by atoms with Gasteiger partial charge in [0.25, 0.3) is 0 Å². The van der Waals surface area contributed by atoms with Crippen molar-refractivity contribution in [3.63, 3.8) is 0 Å². The number of halogens is 1. The van der Waals surface area contributed by atoms with Crippen LogP contribution in [0.4, 0.5) is 10.1 Å². The lowest BCUT2D eigenvalue weighted by Gasteiger charge is -2.12. The highest BCUT2D eigenvalue weighted by molar-refractivity contribution is 7.98. The third-order valence-corrected chi connectivity index (χ3v) is 4.01. The van der Waals surface area contributed by atoms with Gasteiger partial charge in [-0.05, 0) is 48.2 Å². The number of aliphatic hydroxyl groups is 1. The van der Waals surface area contributed by atoms with Gasteiger partial charge in [0.2, 0.25) is 0 Å². The fraction of sp³-hybridized carbons (Fsp3) is 0.176. The van der Waals surface area contributed by atoms with E-state index in [0.717, 1.165) is 4.90 Å². The zero-order valence-electron chi connectivity index (χ0n) is 13.0. The monoisotopic (exact) mass is 348 g/mol. The Bertz CT molecular complexity index is 705. The van der Waals surface area contributed by atoms with Gasteiger partial charge in [0.1, 0.15) is 5.82 Å². The van der Waals surface area contributed by atoms with Gasteiger partial charge in [-0.15, -0.1) is 11.8 Å². The minimum Gasteiger partial charge on any atom is -0.387 e. The Morgan fingerprint density at radius 1 is 1.08 bits per heavy atom. The number of nitrogens with one attached hydrogen (secondary N) is 2. The summed E-state index contributed by atoms with van der Waals surface area (Å²) in [6.07, 6.45) is 1.04. The third-order valence-electron chi connectivity index (χ3n) is 3.26. The van der Waals surface area contributed by atoms with E-state index < -0.39 is 23.7 Å². The first-order valence-corrected chi connectivity index (χ1v) is 8.39. The van der Waals surface area contributed by atoms with E-state index in [-0.39, 0.29) is 6.54 Å². The molecule has 0 saturated carbocycles. The number of anilines is 1. The SMILES string of the molecule is CSc1ccc(C(O)CNC(=O)C(=O)Nc2ccc(F)cc2)cc1. The van der Waals surface area contributed by atoms with Crippen LogP contribution in [-0.4, -0.2) is 29.7 Å². The molecule has 0 bridgehead atoms. The van der Waals surface area contributed by atoms with Gasteiger partial charge >= 0.3 is 11.8 Å². The first kappa shape index (κ1) is 18.0. The van der Waals surface area contributed by atoms with Crippen molar-refractivity contribution >= 4 is 29.3 Å². The van der Waals surface area contributed by atoms with Gasteiger partial charge in [0.05, 0.1) is 6.10 Å². The summed E-state index contributed by atoms with van der Waals surface area (Å²) in [5, 5.41) is 14.7. The maximum Gasteiger partial charge on any atom is 0.313 e. The van der Waals surface area contributed by atoms with E-state index in [2.05, 4.69) is 10.6 Å². The quantitative estimate of drug-likeness (QED) is 0.572. The van der Waals surface area contributed by atoms with Gasteiger partial charge in [-0.3, -0.25) is 9.59 Å². The molecule has 0 radical (unpaired) electrons. The predicted octanol–water partition coefficient (Wildman–Crippen LogP) is 2.34. The summed E-state index contributed by atoms with van der Waals surface area (Å²) in [7, 11) is 0. The average Bonchev–Trinajstić information content (AvgIpc) is 2.61. The molecule has 0 aliphatic carbocycles. The average molecular weight is 348 g/mol. The Morgan fingerprint density at radius 2 is 1.71 bits per heavy atom. The lowest BCUT2D eigenvalue weighted by molar-refractivity contribution is -0.136. The van der Waals surface area contributed by atoms with Gasteiger partial charge in [0.15, 0.2) is 0 Å². The molecule has 7 heteroatoms. The van der Waals surface area contributed by atoms with Crippen LogP contribution in [-0.2, 0) is 9.59 Å². The maximum atomic E-state index is 12.8. The van der Waals surface area contributed by atoms with Gasteiger partial charge in [0, 0.05) is 17.1 Å². The van der Waals surface area contributed by atoms with E-state index in [1.807, 2.05) is 18.4 Å². The van der Waals surface area contributed by atoms with Crippen molar-refractivity contribution in [3.8, 4) is 0 Å². The van der Waals surface area contributed by atoms with Gasteiger partial charge in [-0.1, -0.05) is 12.1 Å². The number of hydrogen-bond donors (Lipinski definition) is 3. The van der Waals surface area contributed by atoms with Gasteiger partial charge in [-0.25, -0.2) is 4.39 Å². The molecule has 2 rings (SSSR count). The van der Waals surface area contributed by atoms with E-state index in [9.17, 15) is 19.1 Å². The molecule has 24 heavy (non-hydrogen) atoms. The predicted molar refractivity (Wildman–Crippen MR) is 91.2 cm³/mol. The van der Waals surface area contributed by atoms with E-state index in [1.54, 1.807) is 23.9 Å². The summed E-state index contributed by atoms with van der Waals surface area (Å²) < 4.78 is 12.8. The van der Waals surface area contributed by atoms with E-state index in [1.165, 1.54) is 24.3 Å². The van der Waals surface area contributed by atoms with Crippen LogP contribution in [0.2, 0.25) is 0 Å². The lowest BCUT2D eigenvalue weighted by Crippen LogP contribution is -2.37. The molecular weight excluding hydrogens is 331 g/mol.